The zero-order valence-electron chi connectivity index (χ0n) is 58.8. The molecule has 3 N–H and O–H groups in total. The van der Waals surface area contributed by atoms with Crippen molar-refractivity contribution in [2.24, 2.45) is 23.7 Å². The van der Waals surface area contributed by atoms with Crippen molar-refractivity contribution in [3.8, 4) is 0 Å². The van der Waals surface area contributed by atoms with Crippen LogP contribution in [0.15, 0.2) is 0 Å². The summed E-state index contributed by atoms with van der Waals surface area (Å²) in [4.78, 5) is 72.5. The molecule has 3 unspecified atom stereocenters. The molecule has 0 aromatic rings. The van der Waals surface area contributed by atoms with Crippen LogP contribution in [0.2, 0.25) is 0 Å². The van der Waals surface area contributed by atoms with Crippen LogP contribution in [-0.4, -0.2) is 96.7 Å². The van der Waals surface area contributed by atoms with E-state index in [0.717, 1.165) is 108 Å². The smallest absolute Gasteiger partial charge is 0.462 e. The third-order valence-electron chi connectivity index (χ3n) is 16.3. The summed E-state index contributed by atoms with van der Waals surface area (Å²) < 4.78 is 68.2. The van der Waals surface area contributed by atoms with E-state index in [-0.39, 0.29) is 25.7 Å². The number of phosphoric acid groups is 2. The van der Waals surface area contributed by atoms with E-state index in [1.54, 1.807) is 0 Å². The molecule has 0 aliphatic heterocycles. The minimum atomic E-state index is -4.95. The summed E-state index contributed by atoms with van der Waals surface area (Å²) in [5.41, 5.74) is 0. The number of aliphatic hydroxyl groups excluding tert-OH is 1. The second-order valence-electron chi connectivity index (χ2n) is 27.5. The number of carbonyl (C=O) groups excluding carboxylic acids is 4. The lowest BCUT2D eigenvalue weighted by molar-refractivity contribution is -0.161. The van der Waals surface area contributed by atoms with E-state index in [9.17, 15) is 43.2 Å². The lowest BCUT2D eigenvalue weighted by Crippen LogP contribution is -2.30. The van der Waals surface area contributed by atoms with Gasteiger partial charge in [-0.3, -0.25) is 37.3 Å². The molecule has 0 fully saturated rings. The van der Waals surface area contributed by atoms with Gasteiger partial charge in [0.1, 0.15) is 19.3 Å². The van der Waals surface area contributed by atoms with Gasteiger partial charge in [0.15, 0.2) is 12.2 Å². The third-order valence-corrected chi connectivity index (χ3v) is 18.2. The van der Waals surface area contributed by atoms with Gasteiger partial charge < -0.3 is 33.8 Å². The van der Waals surface area contributed by atoms with Gasteiger partial charge in [-0.15, -0.1) is 0 Å². The van der Waals surface area contributed by atoms with E-state index < -0.39 is 97.5 Å². The summed E-state index contributed by atoms with van der Waals surface area (Å²) in [6.45, 7) is 14.0. The van der Waals surface area contributed by atoms with Crippen LogP contribution in [0.1, 0.15) is 351 Å². The Balaban J connectivity index is 5.18. The van der Waals surface area contributed by atoms with Crippen LogP contribution in [0, 0.1) is 23.7 Å². The van der Waals surface area contributed by atoms with Crippen molar-refractivity contribution in [2.45, 2.75) is 369 Å². The monoisotopic (exact) mass is 1320 g/mol. The number of aliphatic hydroxyl groups is 1. The molecule has 5 atom stereocenters. The SMILES string of the molecule is CC(C)CCCCCCCCCCCCCCCCCC(=O)OC[C@H](COP(=O)(O)OCC(O)COP(=O)(O)OC[C@@H](COC(=O)CCCCCCCCCCC(C)C)OC(=O)CCCCCCCCCCCC(C)C)OC(=O)CCCCCCCCC(C)C. The number of rotatable bonds is 68. The number of phosphoric ester groups is 2. The highest BCUT2D eigenvalue weighted by Gasteiger charge is 2.30. The van der Waals surface area contributed by atoms with Gasteiger partial charge in [-0.1, -0.05) is 299 Å². The van der Waals surface area contributed by atoms with Crippen molar-refractivity contribution in [3.05, 3.63) is 0 Å². The zero-order valence-corrected chi connectivity index (χ0v) is 60.6. The first-order valence-corrected chi connectivity index (χ1v) is 39.7. The van der Waals surface area contributed by atoms with Crippen molar-refractivity contribution < 1.29 is 80.2 Å². The van der Waals surface area contributed by atoms with Crippen LogP contribution in [-0.2, 0) is 65.4 Å². The molecule has 0 spiro atoms. The number of esters is 4. The highest BCUT2D eigenvalue weighted by atomic mass is 31.2. The Morgan fingerprint density at radius 3 is 0.689 bits per heavy atom. The maximum atomic E-state index is 13.0. The maximum absolute atomic E-state index is 13.0. The molecule has 0 amide bonds. The fourth-order valence-electron chi connectivity index (χ4n) is 10.7. The van der Waals surface area contributed by atoms with Crippen LogP contribution in [0.25, 0.3) is 0 Å². The Kier molecular flexibility index (Phi) is 59.4. The van der Waals surface area contributed by atoms with Crippen molar-refractivity contribution in [2.75, 3.05) is 39.6 Å². The predicted molar refractivity (Wildman–Crippen MR) is 363 cm³/mol. The predicted octanol–water partition coefficient (Wildman–Crippen LogP) is 20.1. The van der Waals surface area contributed by atoms with Crippen LogP contribution in [0.5, 0.6) is 0 Å². The van der Waals surface area contributed by atoms with Gasteiger partial charge in [0, 0.05) is 25.7 Å². The number of unbranched alkanes of at least 4 members (excludes halogenated alkanes) is 34. The summed E-state index contributed by atoms with van der Waals surface area (Å²) in [7, 11) is -9.90. The molecule has 17 nitrogen and oxygen atoms in total. The Labute approximate surface area is 549 Å². The fraction of sp³-hybridized carbons (Fsp3) is 0.944. The standard InChI is InChI=1S/C71H138O17P2/c1-61(2)47-39-31-23-17-14-12-10-9-11-13-15-19-26-35-43-51-68(73)81-58-67(88-71(76)54-46-38-30-29-34-42-50-64(7)8)60-86-90(79,80)84-56-65(72)55-83-89(77,78)85-59-66(57-82-69(74)52-44-36-27-22-21-25-33-41-49-63(5)6)87-70(75)53-45-37-28-20-16-18-24-32-40-48-62(3)4/h61-67,72H,9-60H2,1-8H3,(H,77,78)(H,79,80)/t65?,66-,67-/m1/s1. The Morgan fingerprint density at radius 1 is 0.278 bits per heavy atom. The Morgan fingerprint density at radius 2 is 0.467 bits per heavy atom. The van der Waals surface area contributed by atoms with Crippen LogP contribution in [0.4, 0.5) is 0 Å². The third kappa shape index (κ3) is 64.8. The van der Waals surface area contributed by atoms with Crippen molar-refractivity contribution in [1.29, 1.82) is 0 Å². The molecule has 0 saturated heterocycles. The Bertz CT molecular complexity index is 1780. The quantitative estimate of drug-likeness (QED) is 0.0222. The number of carbonyl (C=O) groups is 4. The second kappa shape index (κ2) is 60.7. The molecule has 0 saturated carbocycles. The van der Waals surface area contributed by atoms with Gasteiger partial charge >= 0.3 is 39.5 Å². The molecule has 0 bridgehead atoms. The molecule has 0 aromatic carbocycles. The van der Waals surface area contributed by atoms with E-state index in [2.05, 4.69) is 55.4 Å². The summed E-state index contributed by atoms with van der Waals surface area (Å²) in [5.74, 6) is 0.805. The summed E-state index contributed by atoms with van der Waals surface area (Å²) in [6, 6.07) is 0. The minimum absolute atomic E-state index is 0.102. The van der Waals surface area contributed by atoms with E-state index in [0.29, 0.717) is 31.6 Å². The number of ether oxygens (including phenoxy) is 4. The second-order valence-corrected chi connectivity index (χ2v) is 30.4. The highest BCUT2D eigenvalue weighted by Crippen LogP contribution is 2.45. The van der Waals surface area contributed by atoms with Gasteiger partial charge in [-0.25, -0.2) is 9.13 Å². The van der Waals surface area contributed by atoms with E-state index in [1.807, 2.05) is 0 Å². The molecule has 534 valence electrons. The molecule has 90 heavy (non-hydrogen) atoms. The van der Waals surface area contributed by atoms with Crippen molar-refractivity contribution in [3.63, 3.8) is 0 Å². The zero-order chi connectivity index (χ0) is 66.8. The Hall–Kier alpha value is -1.94. The molecular weight excluding hydrogens is 1190 g/mol. The van der Waals surface area contributed by atoms with Crippen LogP contribution < -0.4 is 0 Å². The molecule has 0 rings (SSSR count). The van der Waals surface area contributed by atoms with E-state index in [1.165, 1.54) is 154 Å². The summed E-state index contributed by atoms with van der Waals surface area (Å²) >= 11 is 0. The maximum Gasteiger partial charge on any atom is 0.472 e. The molecular formula is C71H138O17P2. The van der Waals surface area contributed by atoms with Crippen molar-refractivity contribution >= 4 is 39.5 Å². The largest absolute Gasteiger partial charge is 0.472 e. The molecule has 19 heteroatoms. The first-order valence-electron chi connectivity index (χ1n) is 36.7. The first kappa shape index (κ1) is 88.1. The molecule has 0 radical (unpaired) electrons. The summed E-state index contributed by atoms with van der Waals surface area (Å²) in [5, 5.41) is 10.6. The lowest BCUT2D eigenvalue weighted by atomic mass is 10.0. The minimum Gasteiger partial charge on any atom is -0.462 e. The molecule has 0 aromatic heterocycles. The van der Waals surface area contributed by atoms with Crippen molar-refractivity contribution in [1.82, 2.24) is 0 Å². The molecule has 0 aliphatic carbocycles. The van der Waals surface area contributed by atoms with Crippen LogP contribution in [0.3, 0.4) is 0 Å². The first-order chi connectivity index (χ1) is 43.1. The average molecular weight is 1330 g/mol. The van der Waals surface area contributed by atoms with Gasteiger partial charge in [-0.2, -0.15) is 0 Å². The van der Waals surface area contributed by atoms with Crippen LogP contribution >= 0.6 is 15.6 Å². The lowest BCUT2D eigenvalue weighted by Gasteiger charge is -2.21. The van der Waals surface area contributed by atoms with Gasteiger partial charge in [0.2, 0.25) is 0 Å². The topological polar surface area (TPSA) is 237 Å². The average Bonchev–Trinajstić information content (AvgIpc) is 3.04. The fourth-order valence-corrected chi connectivity index (χ4v) is 12.2. The van der Waals surface area contributed by atoms with Gasteiger partial charge in [-0.05, 0) is 49.4 Å². The van der Waals surface area contributed by atoms with Gasteiger partial charge in [0.05, 0.1) is 26.4 Å². The van der Waals surface area contributed by atoms with E-state index >= 15 is 0 Å². The molecule has 0 heterocycles. The molecule has 0 aliphatic rings. The van der Waals surface area contributed by atoms with E-state index in [4.69, 9.17) is 37.0 Å². The van der Waals surface area contributed by atoms with Gasteiger partial charge in [0.25, 0.3) is 0 Å². The number of hydrogen-bond donors (Lipinski definition) is 3. The highest BCUT2D eigenvalue weighted by molar-refractivity contribution is 7.47. The number of hydrogen-bond acceptors (Lipinski definition) is 15. The summed E-state index contributed by atoms with van der Waals surface area (Å²) in [6.07, 6.45) is 43.4. The normalized spacial score (nSPS) is 14.3.